The van der Waals surface area contributed by atoms with Crippen LogP contribution in [0.4, 0.5) is 50.0 Å². The average Bonchev–Trinajstić information content (AvgIpc) is 3.53. The molecule has 0 aliphatic heterocycles. The Kier molecular flexibility index (Phi) is 12.9. The Morgan fingerprint density at radius 2 is 1.62 bits per heavy atom. The molecule has 18 heteroatoms. The number of rotatable bonds is 11. The molecule has 0 atom stereocenters. The van der Waals surface area contributed by atoms with Crippen molar-refractivity contribution in [3.05, 3.63) is 89.7 Å². The maximum absolute atomic E-state index is 13.4. The molecule has 3 aromatic carbocycles. The van der Waals surface area contributed by atoms with Crippen LogP contribution >= 0.6 is 11.8 Å². The lowest BCUT2D eigenvalue weighted by atomic mass is 9.98. The predicted octanol–water partition coefficient (Wildman–Crippen LogP) is 9.63. The third-order valence-electron chi connectivity index (χ3n) is 7.24. The Morgan fingerprint density at radius 3 is 2.21 bits per heavy atom. The second-order valence-electron chi connectivity index (χ2n) is 11.8. The summed E-state index contributed by atoms with van der Waals surface area (Å²) in [5, 5.41) is 6.32. The summed E-state index contributed by atoms with van der Waals surface area (Å²) < 4.78 is 123. The zero-order valence-corrected chi connectivity index (χ0v) is 28.7. The zero-order valence-electron chi connectivity index (χ0n) is 27.9. The fourth-order valence-electron chi connectivity index (χ4n) is 4.83. The number of aryl methyl sites for hydroxylation is 1. The first-order valence-corrected chi connectivity index (χ1v) is 16.6. The smallest absolute Gasteiger partial charge is 0.406 e. The molecule has 52 heavy (non-hydrogen) atoms. The highest BCUT2D eigenvalue weighted by Crippen LogP contribution is 2.34. The molecule has 0 unspecified atom stereocenters. The van der Waals surface area contributed by atoms with Crippen molar-refractivity contribution >= 4 is 28.6 Å². The number of hydrogen-bond donors (Lipinski definition) is 1. The summed E-state index contributed by atoms with van der Waals surface area (Å²) in [7, 11) is 0. The van der Waals surface area contributed by atoms with E-state index in [4.69, 9.17) is 0 Å². The first-order valence-electron chi connectivity index (χ1n) is 15.6. The van der Waals surface area contributed by atoms with E-state index >= 15 is 0 Å². The van der Waals surface area contributed by atoms with Gasteiger partial charge in [0.25, 0.3) is 0 Å². The monoisotopic (exact) mass is 760 g/mol. The first-order chi connectivity index (χ1) is 24.3. The molecular formula is C34H33F9N6O2S. The molecule has 2 amide bonds. The van der Waals surface area contributed by atoms with E-state index in [1.54, 1.807) is 63.2 Å². The number of halogens is 9. The highest BCUT2D eigenvalue weighted by Gasteiger charge is 2.34. The molecule has 0 saturated carbocycles. The molecule has 4 aromatic rings. The second kappa shape index (κ2) is 16.7. The van der Waals surface area contributed by atoms with Crippen LogP contribution in [0.15, 0.2) is 78.0 Å². The summed E-state index contributed by atoms with van der Waals surface area (Å²) in [6.07, 6.45) is -13.8. The number of amides is 2. The van der Waals surface area contributed by atoms with Gasteiger partial charge >= 0.3 is 24.7 Å². The van der Waals surface area contributed by atoms with Crippen LogP contribution in [-0.4, -0.2) is 63.5 Å². The highest BCUT2D eigenvalue weighted by molar-refractivity contribution is 8.14. The van der Waals surface area contributed by atoms with Crippen LogP contribution in [-0.2, 0) is 6.42 Å². The Bertz CT molecular complexity index is 1820. The van der Waals surface area contributed by atoms with Crippen LogP contribution in [0.25, 0.3) is 17.1 Å². The van der Waals surface area contributed by atoms with Crippen molar-refractivity contribution in [3.8, 4) is 22.8 Å². The van der Waals surface area contributed by atoms with Crippen molar-refractivity contribution in [2.75, 3.05) is 23.7 Å². The van der Waals surface area contributed by atoms with Gasteiger partial charge in [-0.1, -0.05) is 62.0 Å². The maximum atomic E-state index is 13.4. The number of anilines is 1. The minimum Gasteiger partial charge on any atom is -0.406 e. The Labute approximate surface area is 297 Å². The molecule has 1 aromatic heterocycles. The van der Waals surface area contributed by atoms with Gasteiger partial charge in [-0.15, -0.1) is 18.3 Å². The number of thioether (sulfide) groups is 1. The molecule has 1 heterocycles. The van der Waals surface area contributed by atoms with Crippen molar-refractivity contribution < 1.29 is 49.0 Å². The lowest BCUT2D eigenvalue weighted by molar-refractivity contribution is -0.274. The number of nitrogens with zero attached hydrogens (tertiary/aromatic N) is 5. The largest absolute Gasteiger partial charge is 0.573 e. The van der Waals surface area contributed by atoms with Gasteiger partial charge in [0, 0.05) is 24.3 Å². The number of aliphatic imine (C=N–C) groups is 1. The number of hydrogen-bond acceptors (Lipinski definition) is 5. The average molecular weight is 761 g/mol. The van der Waals surface area contributed by atoms with Gasteiger partial charge in [0.15, 0.2) is 11.0 Å². The number of carbonyl (C=O) groups is 1. The quantitative estimate of drug-likeness (QED) is 0.0932. The van der Waals surface area contributed by atoms with Crippen LogP contribution in [0.1, 0.15) is 42.9 Å². The highest BCUT2D eigenvalue weighted by atomic mass is 32.2. The summed E-state index contributed by atoms with van der Waals surface area (Å²) >= 11 is 0.131. The normalized spacial score (nSPS) is 12.7. The molecule has 8 nitrogen and oxygen atoms in total. The van der Waals surface area contributed by atoms with Gasteiger partial charge in [0.05, 0.1) is 17.9 Å². The molecule has 0 radical (unpaired) electrons. The second-order valence-corrected chi connectivity index (χ2v) is 12.7. The molecule has 280 valence electrons. The van der Waals surface area contributed by atoms with Crippen molar-refractivity contribution in [2.24, 2.45) is 4.99 Å². The number of amidine groups is 1. The SMILES string of the molecule is Cc1ccc(C(C)C)c(N(CCC(F)(F)F)C(=NC(=O)NCCc2ccc(-c3ncn(-c4ccc(OC(F)(F)F)cc4)n3)cc2)SCC(F)(F)F)c1. The lowest BCUT2D eigenvalue weighted by Crippen LogP contribution is -2.36. The summed E-state index contributed by atoms with van der Waals surface area (Å²) in [5.74, 6) is -1.75. The lowest BCUT2D eigenvalue weighted by Gasteiger charge is -2.30. The van der Waals surface area contributed by atoms with Crippen molar-refractivity contribution in [3.63, 3.8) is 0 Å². The summed E-state index contributed by atoms with van der Waals surface area (Å²) in [6, 6.07) is 15.9. The number of alkyl halides is 9. The summed E-state index contributed by atoms with van der Waals surface area (Å²) in [4.78, 5) is 22.0. The van der Waals surface area contributed by atoms with Crippen molar-refractivity contribution in [1.82, 2.24) is 20.1 Å². The van der Waals surface area contributed by atoms with Crippen LogP contribution in [0, 0.1) is 6.92 Å². The van der Waals surface area contributed by atoms with Gasteiger partial charge < -0.3 is 15.0 Å². The third-order valence-corrected chi connectivity index (χ3v) is 8.28. The van der Waals surface area contributed by atoms with E-state index in [1.165, 1.54) is 23.1 Å². The standard InChI is InChI=1S/C34H33F9N6O2S/c1-21(2)27-13-4-22(3)18-28(27)48(17-15-32(35,36)37)31(52-19-33(38,39)40)46-30(50)44-16-14-23-5-7-24(8-6-23)29-45-20-49(47-29)25-9-11-26(12-10-25)51-34(41,42)43/h4-13,18,20-21H,14-17,19H2,1-3H3,(H,44,50). The summed E-state index contributed by atoms with van der Waals surface area (Å²) in [6.45, 7) is 4.53. The summed E-state index contributed by atoms with van der Waals surface area (Å²) in [5.41, 5.74) is 3.25. The van der Waals surface area contributed by atoms with Crippen LogP contribution < -0.4 is 15.0 Å². The van der Waals surface area contributed by atoms with Crippen molar-refractivity contribution in [2.45, 2.75) is 58.2 Å². The van der Waals surface area contributed by atoms with Gasteiger partial charge in [-0.25, -0.2) is 14.5 Å². The van der Waals surface area contributed by atoms with Gasteiger partial charge in [-0.05, 0) is 66.3 Å². The number of aromatic nitrogens is 3. The predicted molar refractivity (Wildman–Crippen MR) is 180 cm³/mol. The van der Waals surface area contributed by atoms with Gasteiger partial charge in [-0.3, -0.25) is 0 Å². The number of urea groups is 1. The maximum Gasteiger partial charge on any atom is 0.573 e. The first kappa shape index (κ1) is 40.0. The van der Waals surface area contributed by atoms with E-state index in [1.807, 2.05) is 0 Å². The van der Waals surface area contributed by atoms with E-state index in [0.29, 0.717) is 28.2 Å². The topological polar surface area (TPSA) is 84.6 Å². The van der Waals surface area contributed by atoms with Gasteiger partial charge in [0.1, 0.15) is 12.1 Å². The van der Waals surface area contributed by atoms with Crippen LogP contribution in [0.2, 0.25) is 0 Å². The molecule has 0 fully saturated rings. The number of ether oxygens (including phenoxy) is 1. The Morgan fingerprint density at radius 1 is 0.942 bits per heavy atom. The minimum atomic E-state index is -4.82. The number of nitrogens with one attached hydrogen (secondary N) is 1. The van der Waals surface area contributed by atoms with Crippen LogP contribution in [0.3, 0.4) is 0 Å². The molecule has 4 rings (SSSR count). The van der Waals surface area contributed by atoms with E-state index in [0.717, 1.165) is 22.6 Å². The Hall–Kier alpha value is -4.74. The molecule has 0 aliphatic rings. The Balaban J connectivity index is 1.46. The van der Waals surface area contributed by atoms with Gasteiger partial charge in [-0.2, -0.15) is 31.3 Å². The van der Waals surface area contributed by atoms with E-state index in [-0.39, 0.29) is 42.1 Å². The third kappa shape index (κ3) is 12.5. The molecular weight excluding hydrogens is 727 g/mol. The molecule has 0 aliphatic carbocycles. The molecule has 0 spiro atoms. The van der Waals surface area contributed by atoms with Gasteiger partial charge in [0.2, 0.25) is 0 Å². The van der Waals surface area contributed by atoms with Crippen LogP contribution in [0.5, 0.6) is 5.75 Å². The van der Waals surface area contributed by atoms with E-state index in [2.05, 4.69) is 25.1 Å². The molecule has 0 saturated heterocycles. The fourth-order valence-corrected chi connectivity index (χ4v) is 5.62. The fraction of sp³-hybridized carbons (Fsp3) is 0.353. The van der Waals surface area contributed by atoms with E-state index in [9.17, 15) is 44.3 Å². The number of carbonyl (C=O) groups excluding carboxylic acids is 1. The minimum absolute atomic E-state index is 0.00403. The van der Waals surface area contributed by atoms with Crippen molar-refractivity contribution in [1.29, 1.82) is 0 Å². The molecule has 0 bridgehead atoms. The number of benzene rings is 3. The van der Waals surface area contributed by atoms with E-state index < -0.39 is 48.6 Å². The zero-order chi connectivity index (χ0) is 38.3. The molecule has 1 N–H and O–H groups in total.